The van der Waals surface area contributed by atoms with Crippen LogP contribution in [0.4, 0.5) is 0 Å². The van der Waals surface area contributed by atoms with Crippen molar-refractivity contribution in [3.05, 3.63) is 34.9 Å². The summed E-state index contributed by atoms with van der Waals surface area (Å²) in [6.07, 6.45) is 0.476. The first-order valence-corrected chi connectivity index (χ1v) is 5.71. The van der Waals surface area contributed by atoms with Crippen molar-refractivity contribution in [1.82, 2.24) is 5.32 Å². The SMILES string of the molecule is CC(CN)CC(=O)NCc1ccc(Cl)cc1. The highest BCUT2D eigenvalue weighted by Gasteiger charge is 2.06. The molecule has 88 valence electrons. The molecule has 3 N–H and O–H groups in total. The van der Waals surface area contributed by atoms with E-state index in [1.807, 2.05) is 31.2 Å². The van der Waals surface area contributed by atoms with Crippen LogP contribution in [0, 0.1) is 5.92 Å². The van der Waals surface area contributed by atoms with Crippen molar-refractivity contribution < 1.29 is 4.79 Å². The van der Waals surface area contributed by atoms with Gasteiger partial charge in [0.15, 0.2) is 0 Å². The fraction of sp³-hybridized carbons (Fsp3) is 0.417. The van der Waals surface area contributed by atoms with Crippen molar-refractivity contribution in [2.24, 2.45) is 11.7 Å². The number of amides is 1. The molecule has 16 heavy (non-hydrogen) atoms. The molecule has 1 atom stereocenters. The predicted molar refractivity (Wildman–Crippen MR) is 66.1 cm³/mol. The molecule has 0 bridgehead atoms. The predicted octanol–water partition coefficient (Wildman–Crippen LogP) is 1.94. The maximum Gasteiger partial charge on any atom is 0.220 e. The van der Waals surface area contributed by atoms with Crippen LogP contribution in [0.15, 0.2) is 24.3 Å². The Morgan fingerprint density at radius 3 is 2.62 bits per heavy atom. The Kier molecular flexibility index (Phi) is 5.29. The Hall–Kier alpha value is -1.06. The van der Waals surface area contributed by atoms with Crippen LogP contribution in [0.1, 0.15) is 18.9 Å². The molecule has 3 nitrogen and oxygen atoms in total. The van der Waals surface area contributed by atoms with Crippen LogP contribution in [0.5, 0.6) is 0 Å². The summed E-state index contributed by atoms with van der Waals surface area (Å²) in [6, 6.07) is 7.42. The minimum absolute atomic E-state index is 0.0351. The number of hydrogen-bond acceptors (Lipinski definition) is 2. The molecule has 1 rings (SSSR count). The molecule has 0 aliphatic carbocycles. The number of rotatable bonds is 5. The fourth-order valence-electron chi connectivity index (χ4n) is 1.27. The lowest BCUT2D eigenvalue weighted by atomic mass is 10.1. The van der Waals surface area contributed by atoms with Gasteiger partial charge in [-0.1, -0.05) is 30.7 Å². The van der Waals surface area contributed by atoms with Gasteiger partial charge in [-0.2, -0.15) is 0 Å². The lowest BCUT2D eigenvalue weighted by Crippen LogP contribution is -2.26. The van der Waals surface area contributed by atoms with Crippen molar-refractivity contribution in [2.75, 3.05) is 6.54 Å². The van der Waals surface area contributed by atoms with Crippen molar-refractivity contribution in [3.63, 3.8) is 0 Å². The fourth-order valence-corrected chi connectivity index (χ4v) is 1.40. The summed E-state index contributed by atoms with van der Waals surface area (Å²) in [7, 11) is 0. The zero-order valence-electron chi connectivity index (χ0n) is 9.37. The van der Waals surface area contributed by atoms with Gasteiger partial charge in [0.25, 0.3) is 0 Å². The topological polar surface area (TPSA) is 55.1 Å². The summed E-state index contributed by atoms with van der Waals surface area (Å²) in [5, 5.41) is 3.55. The van der Waals surface area contributed by atoms with Gasteiger partial charge in [0, 0.05) is 18.0 Å². The molecule has 0 spiro atoms. The van der Waals surface area contributed by atoms with Crippen LogP contribution in [-0.2, 0) is 11.3 Å². The van der Waals surface area contributed by atoms with Gasteiger partial charge in [0.2, 0.25) is 5.91 Å². The number of carbonyl (C=O) groups excluding carboxylic acids is 1. The summed E-state index contributed by atoms with van der Waals surface area (Å²) in [6.45, 7) is 3.03. The summed E-state index contributed by atoms with van der Waals surface area (Å²) >= 11 is 5.76. The maximum absolute atomic E-state index is 11.5. The molecule has 0 heterocycles. The van der Waals surface area contributed by atoms with E-state index in [1.54, 1.807) is 0 Å². The molecule has 4 heteroatoms. The van der Waals surface area contributed by atoms with Crippen molar-refractivity contribution >= 4 is 17.5 Å². The van der Waals surface area contributed by atoms with Crippen LogP contribution in [0.3, 0.4) is 0 Å². The second-order valence-electron chi connectivity index (χ2n) is 3.95. The molecule has 1 unspecified atom stereocenters. The van der Waals surface area contributed by atoms with Gasteiger partial charge < -0.3 is 11.1 Å². The van der Waals surface area contributed by atoms with E-state index < -0.39 is 0 Å². The lowest BCUT2D eigenvalue weighted by molar-refractivity contribution is -0.122. The Morgan fingerprint density at radius 2 is 2.06 bits per heavy atom. The second kappa shape index (κ2) is 6.51. The highest BCUT2D eigenvalue weighted by Crippen LogP contribution is 2.09. The Labute approximate surface area is 101 Å². The molecule has 0 aliphatic rings. The molecule has 0 fully saturated rings. The average Bonchev–Trinajstić information content (AvgIpc) is 2.28. The average molecular weight is 241 g/mol. The molecule has 0 radical (unpaired) electrons. The van der Waals surface area contributed by atoms with E-state index in [0.717, 1.165) is 5.56 Å². The van der Waals surface area contributed by atoms with E-state index in [-0.39, 0.29) is 11.8 Å². The Balaban J connectivity index is 2.34. The Bertz CT molecular complexity index is 337. The number of hydrogen-bond donors (Lipinski definition) is 2. The van der Waals surface area contributed by atoms with Gasteiger partial charge in [-0.3, -0.25) is 4.79 Å². The number of benzene rings is 1. The first-order chi connectivity index (χ1) is 7.61. The molecule has 1 aromatic carbocycles. The van der Waals surface area contributed by atoms with E-state index in [2.05, 4.69) is 5.32 Å². The molecule has 1 amide bonds. The maximum atomic E-state index is 11.5. The quantitative estimate of drug-likeness (QED) is 0.827. The van der Waals surface area contributed by atoms with Crippen LogP contribution in [0.2, 0.25) is 5.02 Å². The zero-order valence-corrected chi connectivity index (χ0v) is 10.1. The normalized spacial score (nSPS) is 12.2. The molecular weight excluding hydrogens is 224 g/mol. The van der Waals surface area contributed by atoms with Crippen molar-refractivity contribution in [3.8, 4) is 0 Å². The third kappa shape index (κ3) is 4.64. The van der Waals surface area contributed by atoms with Crippen LogP contribution in [-0.4, -0.2) is 12.5 Å². The molecular formula is C12H17ClN2O. The van der Waals surface area contributed by atoms with Crippen LogP contribution in [0.25, 0.3) is 0 Å². The number of nitrogens with two attached hydrogens (primary N) is 1. The molecule has 0 saturated heterocycles. The molecule has 0 aliphatic heterocycles. The van der Waals surface area contributed by atoms with Gasteiger partial charge in [-0.25, -0.2) is 0 Å². The Morgan fingerprint density at radius 1 is 1.44 bits per heavy atom. The first kappa shape index (κ1) is 13.0. The highest BCUT2D eigenvalue weighted by atomic mass is 35.5. The van der Waals surface area contributed by atoms with Gasteiger partial charge >= 0.3 is 0 Å². The monoisotopic (exact) mass is 240 g/mol. The number of carbonyl (C=O) groups is 1. The zero-order chi connectivity index (χ0) is 12.0. The van der Waals surface area contributed by atoms with E-state index >= 15 is 0 Å². The molecule has 0 saturated carbocycles. The number of nitrogens with one attached hydrogen (secondary N) is 1. The largest absolute Gasteiger partial charge is 0.352 e. The smallest absolute Gasteiger partial charge is 0.220 e. The van der Waals surface area contributed by atoms with Gasteiger partial charge in [0.05, 0.1) is 0 Å². The van der Waals surface area contributed by atoms with Crippen molar-refractivity contribution in [2.45, 2.75) is 19.9 Å². The number of halogens is 1. The minimum Gasteiger partial charge on any atom is -0.352 e. The van der Waals surface area contributed by atoms with Gasteiger partial charge in [-0.15, -0.1) is 0 Å². The third-order valence-electron chi connectivity index (χ3n) is 2.34. The van der Waals surface area contributed by atoms with Gasteiger partial charge in [0.1, 0.15) is 0 Å². The minimum atomic E-state index is 0.0351. The lowest BCUT2D eigenvalue weighted by Gasteiger charge is -2.09. The van der Waals surface area contributed by atoms with Crippen LogP contribution >= 0.6 is 11.6 Å². The van der Waals surface area contributed by atoms with E-state index in [4.69, 9.17) is 17.3 Å². The van der Waals surface area contributed by atoms with Crippen molar-refractivity contribution in [1.29, 1.82) is 0 Å². The summed E-state index contributed by atoms with van der Waals surface area (Å²) in [5.74, 6) is 0.262. The summed E-state index contributed by atoms with van der Waals surface area (Å²) < 4.78 is 0. The third-order valence-corrected chi connectivity index (χ3v) is 2.59. The van der Waals surface area contributed by atoms with Crippen LogP contribution < -0.4 is 11.1 Å². The molecule has 1 aromatic rings. The molecule has 0 aromatic heterocycles. The standard InChI is InChI=1S/C12H17ClN2O/c1-9(7-14)6-12(16)15-8-10-2-4-11(13)5-3-10/h2-5,9H,6-8,14H2,1H3,(H,15,16). The first-order valence-electron chi connectivity index (χ1n) is 5.33. The van der Waals surface area contributed by atoms with E-state index in [9.17, 15) is 4.79 Å². The highest BCUT2D eigenvalue weighted by molar-refractivity contribution is 6.30. The second-order valence-corrected chi connectivity index (χ2v) is 4.38. The summed E-state index contributed by atoms with van der Waals surface area (Å²) in [5.41, 5.74) is 6.49. The van der Waals surface area contributed by atoms with E-state index in [0.29, 0.717) is 24.5 Å². The summed E-state index contributed by atoms with van der Waals surface area (Å²) in [4.78, 5) is 11.5. The van der Waals surface area contributed by atoms with Gasteiger partial charge in [-0.05, 0) is 30.2 Å². The van der Waals surface area contributed by atoms with E-state index in [1.165, 1.54) is 0 Å².